The minimum atomic E-state index is -0.527. The molecule has 0 fully saturated rings. The first kappa shape index (κ1) is 16.2. The lowest BCUT2D eigenvalue weighted by Crippen LogP contribution is -2.42. The number of halogens is 3. The molecule has 106 valence electrons. The summed E-state index contributed by atoms with van der Waals surface area (Å²) >= 11 is 11.7. The van der Waals surface area contributed by atoms with Crippen molar-refractivity contribution in [2.75, 3.05) is 14.1 Å². The summed E-state index contributed by atoms with van der Waals surface area (Å²) in [5.41, 5.74) is 0.571. The van der Waals surface area contributed by atoms with Crippen molar-refractivity contribution in [3.05, 3.63) is 33.6 Å². The summed E-state index contributed by atoms with van der Waals surface area (Å²) in [6.07, 6.45) is 0. The van der Waals surface area contributed by atoms with E-state index in [1.54, 1.807) is 21.0 Å². The highest BCUT2D eigenvalue weighted by atomic mass is 35.5. The van der Waals surface area contributed by atoms with Gasteiger partial charge in [-0.1, -0.05) is 23.2 Å². The summed E-state index contributed by atoms with van der Waals surface area (Å²) in [5.74, 6) is -0.585. The number of hydrogen-bond acceptors (Lipinski definition) is 2. The molecule has 1 aromatic carbocycles. The second-order valence-corrected chi connectivity index (χ2v) is 5.44. The minimum absolute atomic E-state index is 0.0154. The van der Waals surface area contributed by atoms with Gasteiger partial charge in [0.25, 0.3) is 0 Å². The number of amides is 1. The van der Waals surface area contributed by atoms with Crippen molar-refractivity contribution in [1.82, 2.24) is 10.2 Å². The van der Waals surface area contributed by atoms with Crippen LogP contribution >= 0.6 is 23.2 Å². The second-order valence-electron chi connectivity index (χ2n) is 4.63. The van der Waals surface area contributed by atoms with Crippen LogP contribution < -0.4 is 5.32 Å². The Balaban J connectivity index is 2.87. The highest BCUT2D eigenvalue weighted by Crippen LogP contribution is 2.28. The van der Waals surface area contributed by atoms with E-state index in [4.69, 9.17) is 23.2 Å². The lowest BCUT2D eigenvalue weighted by molar-refractivity contribution is -0.130. The zero-order valence-corrected chi connectivity index (χ0v) is 12.8. The van der Waals surface area contributed by atoms with Gasteiger partial charge in [-0.2, -0.15) is 0 Å². The maximum Gasteiger partial charge on any atom is 0.238 e. The van der Waals surface area contributed by atoms with E-state index in [0.29, 0.717) is 10.6 Å². The van der Waals surface area contributed by atoms with Crippen molar-refractivity contribution in [1.29, 1.82) is 0 Å². The molecule has 0 aliphatic carbocycles. The summed E-state index contributed by atoms with van der Waals surface area (Å²) < 4.78 is 13.5. The van der Waals surface area contributed by atoms with Crippen LogP contribution in [0.2, 0.25) is 10.0 Å². The Hall–Kier alpha value is -0.840. The minimum Gasteiger partial charge on any atom is -0.347 e. The second kappa shape index (κ2) is 6.55. The highest BCUT2D eigenvalue weighted by molar-refractivity contribution is 6.35. The Morgan fingerprint density at radius 2 is 1.84 bits per heavy atom. The third-order valence-electron chi connectivity index (χ3n) is 2.82. The van der Waals surface area contributed by atoms with Crippen LogP contribution in [0.5, 0.6) is 0 Å². The Morgan fingerprint density at radius 3 is 2.37 bits per heavy atom. The zero-order chi connectivity index (χ0) is 14.7. The largest absolute Gasteiger partial charge is 0.347 e. The first-order valence-electron chi connectivity index (χ1n) is 5.85. The molecule has 0 bridgehead atoms. The third-order valence-corrected chi connectivity index (χ3v) is 3.43. The molecule has 0 aliphatic heterocycles. The van der Waals surface area contributed by atoms with E-state index >= 15 is 0 Å². The quantitative estimate of drug-likeness (QED) is 0.866. The molecule has 0 saturated heterocycles. The molecule has 1 amide bonds. The molecule has 0 spiro atoms. The van der Waals surface area contributed by atoms with E-state index in [0.717, 1.165) is 0 Å². The van der Waals surface area contributed by atoms with Gasteiger partial charge in [-0.15, -0.1) is 0 Å². The average Bonchev–Trinajstić information content (AvgIpc) is 2.32. The summed E-state index contributed by atoms with van der Waals surface area (Å²) in [6, 6.07) is 2.00. The number of benzene rings is 1. The third kappa shape index (κ3) is 4.06. The number of hydrogen-bond donors (Lipinski definition) is 1. The molecule has 3 nitrogen and oxygen atoms in total. The molecule has 1 N–H and O–H groups in total. The predicted molar refractivity (Wildman–Crippen MR) is 76.1 cm³/mol. The number of nitrogens with zero attached hydrogens (tertiary/aromatic N) is 1. The van der Waals surface area contributed by atoms with E-state index in [1.807, 2.05) is 6.92 Å². The lowest BCUT2D eigenvalue weighted by Gasteiger charge is -2.23. The molecular formula is C13H17Cl2FN2O. The van der Waals surface area contributed by atoms with Gasteiger partial charge in [0.1, 0.15) is 5.82 Å². The topological polar surface area (TPSA) is 32.3 Å². The van der Waals surface area contributed by atoms with E-state index in [2.05, 4.69) is 5.32 Å². The predicted octanol–water partition coefficient (Wildman–Crippen LogP) is 3.26. The number of likely N-dealkylation sites (N-methyl/N-ethyl adjacent to an activating group) is 1. The molecule has 2 atom stereocenters. The monoisotopic (exact) mass is 306 g/mol. The molecule has 0 aliphatic rings. The summed E-state index contributed by atoms with van der Waals surface area (Å²) in [4.78, 5) is 13.2. The molecule has 19 heavy (non-hydrogen) atoms. The van der Waals surface area contributed by atoms with Crippen molar-refractivity contribution in [2.45, 2.75) is 25.9 Å². The lowest BCUT2D eigenvalue weighted by atomic mass is 10.1. The van der Waals surface area contributed by atoms with Crippen molar-refractivity contribution in [2.24, 2.45) is 0 Å². The van der Waals surface area contributed by atoms with Gasteiger partial charge >= 0.3 is 0 Å². The standard InChI is InChI=1S/C13H17Cl2FN2O/c1-7(17-8(2)13(19)18(3)4)9-5-12(16)11(15)6-10(9)14/h5-8,17H,1-4H3. The fourth-order valence-electron chi connectivity index (χ4n) is 1.79. The van der Waals surface area contributed by atoms with E-state index < -0.39 is 5.82 Å². The van der Waals surface area contributed by atoms with E-state index in [-0.39, 0.29) is 23.0 Å². The molecule has 0 saturated carbocycles. The van der Waals surface area contributed by atoms with Gasteiger partial charge in [-0.3, -0.25) is 10.1 Å². The van der Waals surface area contributed by atoms with Gasteiger partial charge in [0.05, 0.1) is 11.1 Å². The SMILES string of the molecule is CC(NC(C)c1cc(F)c(Cl)cc1Cl)C(=O)N(C)C. The zero-order valence-electron chi connectivity index (χ0n) is 11.3. The van der Waals surface area contributed by atoms with Crippen molar-refractivity contribution in [3.63, 3.8) is 0 Å². The van der Waals surface area contributed by atoms with Crippen molar-refractivity contribution >= 4 is 29.1 Å². The summed E-state index contributed by atoms with van der Waals surface area (Å²) in [6.45, 7) is 3.56. The first-order valence-corrected chi connectivity index (χ1v) is 6.61. The maximum absolute atomic E-state index is 13.5. The van der Waals surface area contributed by atoms with Crippen LogP contribution in [0, 0.1) is 5.82 Å². The van der Waals surface area contributed by atoms with E-state index in [9.17, 15) is 9.18 Å². The Kier molecular flexibility index (Phi) is 5.59. The van der Waals surface area contributed by atoms with Crippen molar-refractivity contribution in [3.8, 4) is 0 Å². The van der Waals surface area contributed by atoms with Gasteiger partial charge in [0.2, 0.25) is 5.91 Å². The van der Waals surface area contributed by atoms with Crippen LogP contribution in [0.3, 0.4) is 0 Å². The smallest absolute Gasteiger partial charge is 0.238 e. The molecular weight excluding hydrogens is 290 g/mol. The van der Waals surface area contributed by atoms with Crippen LogP contribution in [-0.2, 0) is 4.79 Å². The van der Waals surface area contributed by atoms with Crippen LogP contribution in [0.4, 0.5) is 4.39 Å². The first-order chi connectivity index (χ1) is 8.73. The van der Waals surface area contributed by atoms with Crippen LogP contribution in [0.1, 0.15) is 25.5 Å². The van der Waals surface area contributed by atoms with Crippen LogP contribution in [0.25, 0.3) is 0 Å². The fourth-order valence-corrected chi connectivity index (χ4v) is 2.34. The highest BCUT2D eigenvalue weighted by Gasteiger charge is 2.20. The number of rotatable bonds is 4. The fraction of sp³-hybridized carbons (Fsp3) is 0.462. The maximum atomic E-state index is 13.5. The van der Waals surface area contributed by atoms with Crippen LogP contribution in [-0.4, -0.2) is 30.9 Å². The number of carbonyl (C=O) groups excluding carboxylic acids is 1. The molecule has 0 aromatic heterocycles. The van der Waals surface area contributed by atoms with Gasteiger partial charge in [-0.25, -0.2) is 4.39 Å². The molecule has 0 radical (unpaired) electrons. The molecule has 1 aromatic rings. The van der Waals surface area contributed by atoms with Gasteiger partial charge in [-0.05, 0) is 31.5 Å². The van der Waals surface area contributed by atoms with Crippen molar-refractivity contribution < 1.29 is 9.18 Å². The summed E-state index contributed by atoms with van der Waals surface area (Å²) in [7, 11) is 3.36. The number of carbonyl (C=O) groups is 1. The Bertz CT molecular complexity index is 480. The molecule has 0 heterocycles. The molecule has 1 rings (SSSR count). The Morgan fingerprint density at radius 1 is 1.26 bits per heavy atom. The molecule has 2 unspecified atom stereocenters. The number of nitrogens with one attached hydrogen (secondary N) is 1. The van der Waals surface area contributed by atoms with Gasteiger partial charge < -0.3 is 4.90 Å². The van der Waals surface area contributed by atoms with Gasteiger partial charge in [0, 0.05) is 25.2 Å². The van der Waals surface area contributed by atoms with Gasteiger partial charge in [0.15, 0.2) is 0 Å². The summed E-state index contributed by atoms with van der Waals surface area (Å²) in [5, 5.41) is 3.44. The van der Waals surface area contributed by atoms with E-state index in [1.165, 1.54) is 17.0 Å². The van der Waals surface area contributed by atoms with Crippen LogP contribution in [0.15, 0.2) is 12.1 Å². The molecule has 6 heteroatoms. The average molecular weight is 307 g/mol. The normalized spacial score (nSPS) is 14.1. The Labute approximate surface area is 122 Å².